The molecule has 2 N–H and O–H groups in total. The summed E-state index contributed by atoms with van der Waals surface area (Å²) in [5.74, 6) is -0.265. The third-order valence-corrected chi connectivity index (χ3v) is 5.90. The van der Waals surface area contributed by atoms with E-state index in [2.05, 4.69) is 10.3 Å². The molecule has 7 heteroatoms. The Balaban J connectivity index is 1.51. The zero-order chi connectivity index (χ0) is 19.7. The van der Waals surface area contributed by atoms with Crippen LogP contribution >= 0.6 is 11.6 Å². The van der Waals surface area contributed by atoms with Gasteiger partial charge in [0, 0.05) is 30.2 Å². The average molecular weight is 400 g/mol. The highest BCUT2D eigenvalue weighted by atomic mass is 35.5. The van der Waals surface area contributed by atoms with Crippen molar-refractivity contribution in [3.05, 3.63) is 69.1 Å². The van der Waals surface area contributed by atoms with Gasteiger partial charge in [0.2, 0.25) is 11.5 Å². The van der Waals surface area contributed by atoms with Gasteiger partial charge in [-0.25, -0.2) is 0 Å². The molecule has 6 nitrogen and oxygen atoms in total. The number of H-pyrrole nitrogens is 1. The number of rotatable bonds is 5. The van der Waals surface area contributed by atoms with E-state index in [4.69, 9.17) is 11.6 Å². The van der Waals surface area contributed by atoms with Crippen LogP contribution in [0.15, 0.2) is 47.3 Å². The summed E-state index contributed by atoms with van der Waals surface area (Å²) in [4.78, 5) is 41.4. The van der Waals surface area contributed by atoms with Crippen molar-refractivity contribution in [3.8, 4) is 0 Å². The molecular weight excluding hydrogens is 378 g/mol. The summed E-state index contributed by atoms with van der Waals surface area (Å²) in [6.45, 7) is 0.647. The largest absolute Gasteiger partial charge is 0.353 e. The van der Waals surface area contributed by atoms with E-state index in [1.165, 1.54) is 6.07 Å². The number of hydrogen-bond donors (Lipinski definition) is 2. The van der Waals surface area contributed by atoms with Crippen molar-refractivity contribution in [3.63, 3.8) is 0 Å². The Labute approximate surface area is 167 Å². The molecule has 0 unspecified atom stereocenters. The van der Waals surface area contributed by atoms with Gasteiger partial charge in [-0.15, -0.1) is 0 Å². The van der Waals surface area contributed by atoms with Crippen LogP contribution in [0.2, 0.25) is 5.02 Å². The molecule has 146 valence electrons. The maximum atomic E-state index is 13.0. The van der Waals surface area contributed by atoms with Crippen LogP contribution in [0.25, 0.3) is 0 Å². The lowest BCUT2D eigenvalue weighted by Gasteiger charge is -2.49. The maximum absolute atomic E-state index is 13.0. The quantitative estimate of drug-likeness (QED) is 0.809. The second-order valence-corrected chi connectivity index (χ2v) is 8.21. The van der Waals surface area contributed by atoms with E-state index in [-0.39, 0.29) is 29.1 Å². The van der Waals surface area contributed by atoms with Crippen LogP contribution in [-0.4, -0.2) is 40.8 Å². The molecular formula is C21H22ClN3O3. The first-order valence-electron chi connectivity index (χ1n) is 9.49. The third-order valence-electron chi connectivity index (χ3n) is 5.65. The van der Waals surface area contributed by atoms with Gasteiger partial charge in [-0.2, -0.15) is 0 Å². The first-order valence-corrected chi connectivity index (χ1v) is 9.87. The first-order chi connectivity index (χ1) is 13.4. The van der Waals surface area contributed by atoms with Gasteiger partial charge in [0.1, 0.15) is 5.69 Å². The summed E-state index contributed by atoms with van der Waals surface area (Å²) >= 11 is 5.97. The number of pyridine rings is 1. The fraction of sp³-hybridized carbons (Fsp3) is 0.381. The van der Waals surface area contributed by atoms with Crippen molar-refractivity contribution in [1.29, 1.82) is 0 Å². The number of likely N-dealkylation sites (tertiary alicyclic amines) is 1. The Morgan fingerprint density at radius 3 is 2.46 bits per heavy atom. The predicted molar refractivity (Wildman–Crippen MR) is 106 cm³/mol. The minimum atomic E-state index is -0.659. The molecule has 0 atom stereocenters. The molecule has 28 heavy (non-hydrogen) atoms. The molecule has 1 aromatic carbocycles. The summed E-state index contributed by atoms with van der Waals surface area (Å²) in [6.07, 6.45) is 3.70. The summed E-state index contributed by atoms with van der Waals surface area (Å²) in [5.41, 5.74) is 0.274. The van der Waals surface area contributed by atoms with E-state index in [0.717, 1.165) is 24.8 Å². The number of nitrogens with one attached hydrogen (secondary N) is 2. The van der Waals surface area contributed by atoms with E-state index in [0.29, 0.717) is 24.5 Å². The van der Waals surface area contributed by atoms with E-state index in [1.807, 2.05) is 24.3 Å². The normalized spacial score (nSPS) is 18.1. The van der Waals surface area contributed by atoms with Crippen LogP contribution in [-0.2, 0) is 11.2 Å². The lowest BCUT2D eigenvalue weighted by Crippen LogP contribution is -2.66. The van der Waals surface area contributed by atoms with Gasteiger partial charge in [0.15, 0.2) is 0 Å². The highest BCUT2D eigenvalue weighted by Crippen LogP contribution is 2.36. The van der Waals surface area contributed by atoms with E-state index in [9.17, 15) is 14.4 Å². The lowest BCUT2D eigenvalue weighted by molar-refractivity contribution is -0.140. The highest BCUT2D eigenvalue weighted by molar-refractivity contribution is 6.30. The van der Waals surface area contributed by atoms with Crippen molar-refractivity contribution in [1.82, 2.24) is 15.2 Å². The highest BCUT2D eigenvalue weighted by Gasteiger charge is 2.51. The smallest absolute Gasteiger partial charge is 0.270 e. The SMILES string of the molecule is O=C(c1cccc(=O)[nH]1)N1CC(Cc2ccc(Cl)cc2)(C(=O)NC2CCC2)C1. The second-order valence-electron chi connectivity index (χ2n) is 7.77. The van der Waals surface area contributed by atoms with Gasteiger partial charge < -0.3 is 15.2 Å². The Morgan fingerprint density at radius 2 is 1.86 bits per heavy atom. The first kappa shape index (κ1) is 18.7. The van der Waals surface area contributed by atoms with E-state index >= 15 is 0 Å². The van der Waals surface area contributed by atoms with Crippen molar-refractivity contribution in [2.75, 3.05) is 13.1 Å². The second kappa shape index (κ2) is 7.43. The molecule has 1 aromatic heterocycles. The van der Waals surface area contributed by atoms with Gasteiger partial charge in [0.25, 0.3) is 5.91 Å². The van der Waals surface area contributed by atoms with Crippen LogP contribution in [0.3, 0.4) is 0 Å². The fourth-order valence-electron chi connectivity index (χ4n) is 3.79. The molecule has 0 radical (unpaired) electrons. The summed E-state index contributed by atoms with van der Waals surface area (Å²) in [7, 11) is 0. The molecule has 1 aliphatic heterocycles. The van der Waals surface area contributed by atoms with Gasteiger partial charge in [0.05, 0.1) is 5.41 Å². The molecule has 0 bridgehead atoms. The van der Waals surface area contributed by atoms with Crippen molar-refractivity contribution in [2.24, 2.45) is 5.41 Å². The van der Waals surface area contributed by atoms with Gasteiger partial charge in [-0.1, -0.05) is 29.8 Å². The third kappa shape index (κ3) is 3.69. The van der Waals surface area contributed by atoms with E-state index in [1.54, 1.807) is 17.0 Å². The molecule has 2 amide bonds. The summed E-state index contributed by atoms with van der Waals surface area (Å²) < 4.78 is 0. The number of aromatic nitrogens is 1. The van der Waals surface area contributed by atoms with E-state index < -0.39 is 5.41 Å². The number of carbonyl (C=O) groups is 2. The maximum Gasteiger partial charge on any atom is 0.270 e. The molecule has 2 aromatic rings. The Hall–Kier alpha value is -2.60. The van der Waals surface area contributed by atoms with Crippen LogP contribution in [0, 0.1) is 5.41 Å². The summed E-state index contributed by atoms with van der Waals surface area (Å²) in [5, 5.41) is 3.79. The van der Waals surface area contributed by atoms with Crippen molar-refractivity contribution < 1.29 is 9.59 Å². The van der Waals surface area contributed by atoms with Gasteiger partial charge in [-0.05, 0) is 49.4 Å². The zero-order valence-electron chi connectivity index (χ0n) is 15.4. The molecule has 1 saturated carbocycles. The van der Waals surface area contributed by atoms with Crippen LogP contribution in [0.5, 0.6) is 0 Å². The number of amides is 2. The van der Waals surface area contributed by atoms with Crippen LogP contribution < -0.4 is 10.9 Å². The number of aromatic amines is 1. The number of hydrogen-bond acceptors (Lipinski definition) is 3. The predicted octanol–water partition coefficient (Wildman–Crippen LogP) is 2.38. The average Bonchev–Trinajstić information content (AvgIpc) is 2.62. The standard InChI is InChI=1S/C21H22ClN3O3/c22-15-9-7-14(8-10-15)11-21(20(28)23-16-3-1-4-16)12-25(13-21)19(27)17-5-2-6-18(26)24-17/h2,5-10,16H,1,3-4,11-13H2,(H,23,28)(H,24,26). The Morgan fingerprint density at radius 1 is 1.14 bits per heavy atom. The Bertz CT molecular complexity index is 944. The molecule has 1 saturated heterocycles. The zero-order valence-corrected chi connectivity index (χ0v) is 16.2. The molecule has 4 rings (SSSR count). The number of benzene rings is 1. The summed E-state index contributed by atoms with van der Waals surface area (Å²) in [6, 6.07) is 12.2. The van der Waals surface area contributed by atoms with Crippen LogP contribution in [0.4, 0.5) is 0 Å². The van der Waals surface area contributed by atoms with Gasteiger partial charge >= 0.3 is 0 Å². The van der Waals surface area contributed by atoms with Gasteiger partial charge in [-0.3, -0.25) is 14.4 Å². The number of nitrogens with zero attached hydrogens (tertiary/aromatic N) is 1. The number of halogens is 1. The Kier molecular flexibility index (Phi) is 4.98. The minimum absolute atomic E-state index is 0.00208. The molecule has 0 spiro atoms. The fourth-order valence-corrected chi connectivity index (χ4v) is 3.92. The monoisotopic (exact) mass is 399 g/mol. The molecule has 2 heterocycles. The van der Waals surface area contributed by atoms with Crippen molar-refractivity contribution in [2.45, 2.75) is 31.7 Å². The molecule has 1 aliphatic carbocycles. The van der Waals surface area contributed by atoms with Crippen LogP contribution in [0.1, 0.15) is 35.3 Å². The topological polar surface area (TPSA) is 82.3 Å². The number of carbonyl (C=O) groups excluding carboxylic acids is 2. The molecule has 2 aliphatic rings. The lowest BCUT2D eigenvalue weighted by atomic mass is 9.73. The minimum Gasteiger partial charge on any atom is -0.353 e. The molecule has 2 fully saturated rings. The van der Waals surface area contributed by atoms with Crippen molar-refractivity contribution >= 4 is 23.4 Å².